The van der Waals surface area contributed by atoms with Gasteiger partial charge in [-0.3, -0.25) is 9.36 Å². The molecule has 0 radical (unpaired) electrons. The summed E-state index contributed by atoms with van der Waals surface area (Å²) >= 11 is 0. The summed E-state index contributed by atoms with van der Waals surface area (Å²) in [6.45, 7) is 5.01. The first-order valence-electron chi connectivity index (χ1n) is 10.5. The van der Waals surface area contributed by atoms with Crippen LogP contribution in [0.2, 0.25) is 0 Å². The number of benzene rings is 1. The Morgan fingerprint density at radius 1 is 1.29 bits per heavy atom. The second kappa shape index (κ2) is 7.20. The molecule has 31 heavy (non-hydrogen) atoms. The van der Waals surface area contributed by atoms with E-state index in [9.17, 15) is 14.9 Å². The number of nitriles is 1. The van der Waals surface area contributed by atoms with Crippen molar-refractivity contribution in [2.24, 2.45) is 17.1 Å². The lowest BCUT2D eigenvalue weighted by Gasteiger charge is -2.30. The van der Waals surface area contributed by atoms with Crippen molar-refractivity contribution in [2.45, 2.75) is 45.2 Å². The van der Waals surface area contributed by atoms with E-state index in [1.165, 1.54) is 11.7 Å². The predicted molar refractivity (Wildman–Crippen MR) is 120 cm³/mol. The maximum Gasteiger partial charge on any atom is 0.350 e. The third-order valence-electron chi connectivity index (χ3n) is 6.66. The number of nitrogen functional groups attached to an aromatic ring is 2. The Labute approximate surface area is 179 Å². The summed E-state index contributed by atoms with van der Waals surface area (Å²) in [4.78, 5) is 27.7. The molecule has 2 fully saturated rings. The van der Waals surface area contributed by atoms with E-state index in [-0.39, 0.29) is 29.1 Å². The van der Waals surface area contributed by atoms with Crippen molar-refractivity contribution in [2.75, 3.05) is 36.7 Å². The van der Waals surface area contributed by atoms with Crippen LogP contribution in [0.4, 0.5) is 11.4 Å². The molecule has 4 rings (SSSR count). The first-order chi connectivity index (χ1) is 14.6. The van der Waals surface area contributed by atoms with Crippen LogP contribution >= 0.6 is 0 Å². The zero-order valence-electron chi connectivity index (χ0n) is 18.1. The Bertz CT molecular complexity index is 1200. The minimum atomic E-state index is -0.647. The number of hydrogen-bond acceptors (Lipinski definition) is 8. The summed E-state index contributed by atoms with van der Waals surface area (Å²) < 4.78 is 7.90. The van der Waals surface area contributed by atoms with E-state index < -0.39 is 16.7 Å². The molecule has 2 aliphatic rings. The van der Waals surface area contributed by atoms with Gasteiger partial charge in [0, 0.05) is 30.9 Å². The molecule has 0 bridgehead atoms. The molecule has 1 aromatic heterocycles. The lowest BCUT2D eigenvalue weighted by atomic mass is 9.79. The van der Waals surface area contributed by atoms with Gasteiger partial charge in [-0.1, -0.05) is 0 Å². The second-order valence-electron chi connectivity index (χ2n) is 9.15. The molecule has 0 amide bonds. The summed E-state index contributed by atoms with van der Waals surface area (Å²) in [7, 11) is 1.52. The SMILES string of the molecule is COc1c(N2CCC(C(N)C(C)(C)C#N)C2)cc(N)c2c(=O)n(N)c(=O)n(C3CC3)c12. The van der Waals surface area contributed by atoms with E-state index in [1.54, 1.807) is 6.07 Å². The van der Waals surface area contributed by atoms with E-state index in [0.717, 1.165) is 19.3 Å². The molecule has 2 aromatic rings. The highest BCUT2D eigenvalue weighted by Gasteiger charge is 2.38. The number of nitrogens with zero attached hydrogens (tertiary/aromatic N) is 4. The zero-order valence-corrected chi connectivity index (χ0v) is 18.1. The topological polar surface area (TPSA) is 158 Å². The summed E-state index contributed by atoms with van der Waals surface area (Å²) in [5.41, 5.74) is 12.2. The molecule has 6 N–H and O–H groups in total. The summed E-state index contributed by atoms with van der Waals surface area (Å²) in [5, 5.41) is 9.64. The third-order valence-corrected chi connectivity index (χ3v) is 6.66. The molecule has 2 heterocycles. The number of methoxy groups -OCH3 is 1. The number of fused-ring (bicyclic) bond motifs is 1. The van der Waals surface area contributed by atoms with Crippen LogP contribution in [0.15, 0.2) is 15.7 Å². The van der Waals surface area contributed by atoms with Crippen LogP contribution in [0.1, 0.15) is 39.2 Å². The largest absolute Gasteiger partial charge is 0.492 e. The highest BCUT2D eigenvalue weighted by Crippen LogP contribution is 2.44. The molecule has 1 saturated carbocycles. The maximum absolute atomic E-state index is 12.8. The minimum absolute atomic E-state index is 0.0369. The van der Waals surface area contributed by atoms with Crippen molar-refractivity contribution in [1.29, 1.82) is 5.26 Å². The zero-order chi connectivity index (χ0) is 22.7. The number of anilines is 2. The maximum atomic E-state index is 12.8. The summed E-state index contributed by atoms with van der Waals surface area (Å²) in [5.74, 6) is 6.30. The number of aromatic nitrogens is 2. The molecule has 1 aliphatic carbocycles. The number of hydrogen-bond donors (Lipinski definition) is 3. The number of nitrogens with two attached hydrogens (primary N) is 3. The average molecular weight is 428 g/mol. The van der Waals surface area contributed by atoms with E-state index in [1.807, 2.05) is 13.8 Å². The van der Waals surface area contributed by atoms with Crippen molar-refractivity contribution < 1.29 is 4.74 Å². The van der Waals surface area contributed by atoms with Crippen LogP contribution in [0.5, 0.6) is 5.75 Å². The summed E-state index contributed by atoms with van der Waals surface area (Å²) in [6, 6.07) is 3.67. The first-order valence-corrected chi connectivity index (χ1v) is 10.5. The molecule has 2 atom stereocenters. The fraction of sp³-hybridized carbons (Fsp3) is 0.571. The third kappa shape index (κ3) is 3.20. The fourth-order valence-corrected chi connectivity index (χ4v) is 4.60. The van der Waals surface area contributed by atoms with Gasteiger partial charge in [-0.2, -0.15) is 9.94 Å². The fourth-order valence-electron chi connectivity index (χ4n) is 4.60. The van der Waals surface area contributed by atoms with Crippen molar-refractivity contribution in [3.8, 4) is 11.8 Å². The quantitative estimate of drug-likeness (QED) is 0.460. The van der Waals surface area contributed by atoms with Gasteiger partial charge in [-0.25, -0.2) is 4.79 Å². The molecule has 0 spiro atoms. The van der Waals surface area contributed by atoms with Gasteiger partial charge in [0.15, 0.2) is 5.75 Å². The highest BCUT2D eigenvalue weighted by molar-refractivity contribution is 5.99. The second-order valence-corrected chi connectivity index (χ2v) is 9.15. The van der Waals surface area contributed by atoms with Gasteiger partial charge in [0.25, 0.3) is 5.56 Å². The van der Waals surface area contributed by atoms with Gasteiger partial charge in [0.2, 0.25) is 0 Å². The standard InChI is InChI=1S/C21H29N7O3/c1-21(2,10-22)18(24)11-6-7-26(9-11)14-8-13(23)15-16(17(14)31-3)27(12-4-5-12)20(30)28(25)19(15)29/h8,11-12,18H,4-7,9,23-25H2,1-3H3. The predicted octanol–water partition coefficient (Wildman–Crippen LogP) is 0.506. The van der Waals surface area contributed by atoms with E-state index in [0.29, 0.717) is 34.7 Å². The van der Waals surface area contributed by atoms with Gasteiger partial charge in [0.1, 0.15) is 5.52 Å². The van der Waals surface area contributed by atoms with E-state index in [2.05, 4.69) is 11.0 Å². The Kier molecular flexibility index (Phi) is 4.89. The molecular weight excluding hydrogens is 398 g/mol. The van der Waals surface area contributed by atoms with E-state index in [4.69, 9.17) is 22.0 Å². The first kappa shape index (κ1) is 21.1. The summed E-state index contributed by atoms with van der Waals surface area (Å²) in [6.07, 6.45) is 2.46. The Hall–Kier alpha value is -3.19. The normalized spacial score (nSPS) is 20.1. The lowest BCUT2D eigenvalue weighted by Crippen LogP contribution is -2.45. The van der Waals surface area contributed by atoms with Crippen molar-refractivity contribution in [1.82, 2.24) is 9.24 Å². The molecule has 10 heteroatoms. The Morgan fingerprint density at radius 2 is 1.97 bits per heavy atom. The van der Waals surface area contributed by atoms with Crippen LogP contribution in [0.25, 0.3) is 10.9 Å². The molecule has 1 aliphatic heterocycles. The van der Waals surface area contributed by atoms with Crippen LogP contribution in [0, 0.1) is 22.7 Å². The van der Waals surface area contributed by atoms with Gasteiger partial charge >= 0.3 is 5.69 Å². The molecule has 2 unspecified atom stereocenters. The molecule has 1 aromatic carbocycles. The lowest BCUT2D eigenvalue weighted by molar-refractivity contribution is 0.294. The van der Waals surface area contributed by atoms with Crippen LogP contribution in [-0.4, -0.2) is 35.5 Å². The molecular formula is C21H29N7O3. The average Bonchev–Trinajstić information content (AvgIpc) is 3.46. The minimum Gasteiger partial charge on any atom is -0.492 e. The van der Waals surface area contributed by atoms with Gasteiger partial charge in [-0.05, 0) is 45.1 Å². The molecule has 1 saturated heterocycles. The van der Waals surface area contributed by atoms with Crippen molar-refractivity contribution in [3.05, 3.63) is 26.9 Å². The monoisotopic (exact) mass is 427 g/mol. The number of ether oxygens (including phenoxy) is 1. The Balaban J connectivity index is 1.87. The van der Waals surface area contributed by atoms with Crippen LogP contribution < -0.4 is 38.2 Å². The van der Waals surface area contributed by atoms with Crippen LogP contribution in [0.3, 0.4) is 0 Å². The molecule has 166 valence electrons. The van der Waals surface area contributed by atoms with E-state index >= 15 is 0 Å². The number of rotatable bonds is 5. The van der Waals surface area contributed by atoms with Gasteiger partial charge in [-0.15, -0.1) is 0 Å². The van der Waals surface area contributed by atoms with Crippen molar-refractivity contribution in [3.63, 3.8) is 0 Å². The van der Waals surface area contributed by atoms with Gasteiger partial charge < -0.3 is 26.9 Å². The van der Waals surface area contributed by atoms with Crippen molar-refractivity contribution >= 4 is 22.3 Å². The Morgan fingerprint density at radius 3 is 2.55 bits per heavy atom. The molecule has 10 nitrogen and oxygen atoms in total. The van der Waals surface area contributed by atoms with Gasteiger partial charge in [0.05, 0.1) is 29.7 Å². The smallest absolute Gasteiger partial charge is 0.350 e. The highest BCUT2D eigenvalue weighted by atomic mass is 16.5. The van der Waals surface area contributed by atoms with Crippen LogP contribution in [-0.2, 0) is 0 Å².